The number of ether oxygens (including phenoxy) is 2. The van der Waals surface area contributed by atoms with Crippen LogP contribution in [0.3, 0.4) is 0 Å². The average molecular weight is 694 g/mol. The predicted octanol–water partition coefficient (Wildman–Crippen LogP) is 6.03. The Kier molecular flexibility index (Phi) is 10.6. The average Bonchev–Trinajstić information content (AvgIpc) is 3.93. The Hall–Kier alpha value is -3.76. The van der Waals surface area contributed by atoms with Gasteiger partial charge in [0.1, 0.15) is 17.4 Å². The summed E-state index contributed by atoms with van der Waals surface area (Å²) in [6, 6.07) is 2.01. The number of nitrogens with zero attached hydrogens (tertiary/aromatic N) is 2. The number of oxime groups is 1. The number of aryl methyl sites for hydroxylation is 2. The molecule has 1 aromatic carbocycles. The second-order valence-corrected chi connectivity index (χ2v) is 17.2. The lowest BCUT2D eigenvalue weighted by atomic mass is 9.84. The Labute approximate surface area is 296 Å². The van der Waals surface area contributed by atoms with Crippen molar-refractivity contribution in [2.24, 2.45) is 28.3 Å². The number of carbonyl (C=O) groups excluding carboxylic acids is 5. The van der Waals surface area contributed by atoms with Gasteiger partial charge in [0.15, 0.2) is 17.2 Å². The molecule has 2 heterocycles. The Morgan fingerprint density at radius 1 is 1.00 bits per heavy atom. The molecule has 2 aliphatic heterocycles. The first-order valence-corrected chi connectivity index (χ1v) is 18.1. The highest BCUT2D eigenvalue weighted by atomic mass is 16.7. The third kappa shape index (κ3) is 8.93. The summed E-state index contributed by atoms with van der Waals surface area (Å²) in [5.74, 6) is -0.906. The summed E-state index contributed by atoms with van der Waals surface area (Å²) in [6.07, 6.45) is 4.28. The fraction of sp³-hybridized carbons (Fsp3) is 0.692. The quantitative estimate of drug-likeness (QED) is 0.247. The summed E-state index contributed by atoms with van der Waals surface area (Å²) in [7, 11) is 1.63. The van der Waals surface area contributed by atoms with Crippen molar-refractivity contribution in [3.63, 3.8) is 0 Å². The SMILES string of the molecule is COc1c(C)cc(C2=NO[C@]3(C2)C[C@@H](C(=O)C[C@@H](CC2CC2)C(=O)C(=O)CC2CC2)N(C(=O)[C@@H](NC(=O)OC(C)(C)C)C(C)(C)C)C3)cc1C. The number of Topliss-reactive ketones (excluding diaryl/α,β-unsaturated/α-hetero) is 3. The van der Waals surface area contributed by atoms with Crippen LogP contribution in [0.1, 0.15) is 116 Å². The van der Waals surface area contributed by atoms with Crippen LogP contribution < -0.4 is 10.1 Å². The zero-order valence-electron chi connectivity index (χ0n) is 31.3. The van der Waals surface area contributed by atoms with Crippen LogP contribution in [0.2, 0.25) is 0 Å². The Bertz CT molecular complexity index is 1540. The van der Waals surface area contributed by atoms with E-state index in [1.807, 2.05) is 46.8 Å². The van der Waals surface area contributed by atoms with E-state index in [0.29, 0.717) is 24.5 Å². The highest BCUT2D eigenvalue weighted by Gasteiger charge is 2.55. The standard InChI is InChI=1S/C39H55N3O8/c1-22-14-26(15-23(2)33(22)48-9)28-19-39(50-41-28)20-29(30(43)18-27(16-24-10-11-24)32(45)31(44)17-25-12-13-25)42(21-39)35(46)34(37(3,4)5)40-36(47)49-38(6,7)8/h14-15,24-25,27,29,34H,10-13,16-21H2,1-9H3,(H,40,47)/t27-,29+,34-,39-/m1/s1. The minimum Gasteiger partial charge on any atom is -0.496 e. The van der Waals surface area contributed by atoms with Gasteiger partial charge in [-0.25, -0.2) is 4.79 Å². The molecule has 50 heavy (non-hydrogen) atoms. The number of likely N-dealkylation sites (tertiary alicyclic amines) is 1. The van der Waals surface area contributed by atoms with Gasteiger partial charge in [-0.05, 0) is 94.4 Å². The monoisotopic (exact) mass is 693 g/mol. The number of alkyl carbamates (subject to hydrolysis) is 1. The van der Waals surface area contributed by atoms with Crippen molar-refractivity contribution in [2.45, 2.75) is 136 Å². The van der Waals surface area contributed by atoms with Gasteiger partial charge in [0, 0.05) is 37.2 Å². The maximum Gasteiger partial charge on any atom is 0.408 e. The second-order valence-electron chi connectivity index (χ2n) is 17.2. The summed E-state index contributed by atoms with van der Waals surface area (Å²) in [5.41, 5.74) is 0.958. The van der Waals surface area contributed by atoms with Gasteiger partial charge in [-0.1, -0.05) is 38.8 Å². The van der Waals surface area contributed by atoms with E-state index in [-0.39, 0.29) is 37.5 Å². The zero-order valence-corrected chi connectivity index (χ0v) is 31.3. The van der Waals surface area contributed by atoms with Crippen molar-refractivity contribution in [3.05, 3.63) is 28.8 Å². The minimum atomic E-state index is -1.03. The number of hydrogen-bond donors (Lipinski definition) is 1. The van der Waals surface area contributed by atoms with E-state index in [1.54, 1.807) is 27.9 Å². The molecule has 11 nitrogen and oxygen atoms in total. The Balaban J connectivity index is 1.43. The molecule has 4 aliphatic rings. The Morgan fingerprint density at radius 3 is 2.16 bits per heavy atom. The fourth-order valence-electron chi connectivity index (χ4n) is 7.35. The molecule has 2 amide bonds. The number of carbonyl (C=O) groups is 5. The molecule has 0 aromatic heterocycles. The molecule has 1 aromatic rings. The molecule has 1 N–H and O–H groups in total. The molecule has 1 spiro atoms. The van der Waals surface area contributed by atoms with E-state index < -0.39 is 58.2 Å². The number of hydrogen-bond acceptors (Lipinski definition) is 9. The highest BCUT2D eigenvalue weighted by molar-refractivity contribution is 6.38. The predicted molar refractivity (Wildman–Crippen MR) is 188 cm³/mol. The largest absolute Gasteiger partial charge is 0.496 e. The molecule has 1 saturated heterocycles. The maximum atomic E-state index is 14.6. The van der Waals surface area contributed by atoms with E-state index in [0.717, 1.165) is 48.1 Å². The van der Waals surface area contributed by atoms with Gasteiger partial charge in [0.25, 0.3) is 0 Å². The molecule has 2 saturated carbocycles. The topological polar surface area (TPSA) is 141 Å². The molecule has 3 fully saturated rings. The second kappa shape index (κ2) is 14.1. The minimum absolute atomic E-state index is 0.0633. The van der Waals surface area contributed by atoms with E-state index in [9.17, 15) is 24.0 Å². The van der Waals surface area contributed by atoms with Crippen molar-refractivity contribution in [2.75, 3.05) is 13.7 Å². The van der Waals surface area contributed by atoms with Crippen LogP contribution in [0.5, 0.6) is 5.75 Å². The molecule has 274 valence electrons. The van der Waals surface area contributed by atoms with Crippen LogP contribution in [-0.2, 0) is 28.8 Å². The van der Waals surface area contributed by atoms with Crippen LogP contribution in [0, 0.1) is 37.0 Å². The molecule has 2 aliphatic carbocycles. The molecule has 0 unspecified atom stereocenters. The van der Waals surface area contributed by atoms with Gasteiger partial charge in [0.2, 0.25) is 11.7 Å². The number of amides is 2. The molecular weight excluding hydrogens is 638 g/mol. The lowest BCUT2D eigenvalue weighted by Crippen LogP contribution is -2.57. The van der Waals surface area contributed by atoms with Gasteiger partial charge in [0.05, 0.1) is 25.4 Å². The maximum absolute atomic E-state index is 14.6. The number of nitrogens with one attached hydrogen (secondary N) is 1. The Morgan fingerprint density at radius 2 is 1.62 bits per heavy atom. The van der Waals surface area contributed by atoms with E-state index in [1.165, 1.54) is 4.90 Å². The number of ketones is 3. The van der Waals surface area contributed by atoms with Gasteiger partial charge >= 0.3 is 6.09 Å². The third-order valence-corrected chi connectivity index (χ3v) is 10.2. The van der Waals surface area contributed by atoms with Crippen LogP contribution in [0.25, 0.3) is 0 Å². The first-order valence-electron chi connectivity index (χ1n) is 18.1. The van der Waals surface area contributed by atoms with Crippen LogP contribution >= 0.6 is 0 Å². The van der Waals surface area contributed by atoms with Gasteiger partial charge < -0.3 is 24.5 Å². The van der Waals surface area contributed by atoms with Crippen LogP contribution in [-0.4, -0.2) is 76.9 Å². The van der Waals surface area contributed by atoms with Gasteiger partial charge in [-0.3, -0.25) is 19.2 Å². The van der Waals surface area contributed by atoms with E-state index >= 15 is 0 Å². The molecule has 5 rings (SSSR count). The summed E-state index contributed by atoms with van der Waals surface area (Å²) in [5, 5.41) is 7.26. The lowest BCUT2D eigenvalue weighted by Gasteiger charge is -2.36. The third-order valence-electron chi connectivity index (χ3n) is 10.2. The van der Waals surface area contributed by atoms with Crippen LogP contribution in [0.15, 0.2) is 17.3 Å². The van der Waals surface area contributed by atoms with Crippen molar-refractivity contribution in [1.82, 2.24) is 10.2 Å². The van der Waals surface area contributed by atoms with Crippen molar-refractivity contribution in [1.29, 1.82) is 0 Å². The zero-order chi connectivity index (χ0) is 36.8. The van der Waals surface area contributed by atoms with E-state index in [4.69, 9.17) is 14.3 Å². The first kappa shape index (κ1) is 37.5. The summed E-state index contributed by atoms with van der Waals surface area (Å²) < 4.78 is 11.1. The molecular formula is C39H55N3O8. The summed E-state index contributed by atoms with van der Waals surface area (Å²) in [4.78, 5) is 76.0. The molecule has 4 atom stereocenters. The van der Waals surface area contributed by atoms with E-state index in [2.05, 4.69) is 10.5 Å². The van der Waals surface area contributed by atoms with Crippen LogP contribution in [0.4, 0.5) is 4.79 Å². The smallest absolute Gasteiger partial charge is 0.408 e. The number of rotatable bonds is 13. The normalized spacial score (nSPS) is 23.2. The molecule has 0 bridgehead atoms. The van der Waals surface area contributed by atoms with Crippen molar-refractivity contribution < 1.29 is 38.3 Å². The summed E-state index contributed by atoms with van der Waals surface area (Å²) >= 11 is 0. The molecule has 0 radical (unpaired) electrons. The fourth-order valence-corrected chi connectivity index (χ4v) is 7.35. The highest BCUT2D eigenvalue weighted by Crippen LogP contribution is 2.43. The van der Waals surface area contributed by atoms with Crippen molar-refractivity contribution >= 4 is 35.1 Å². The van der Waals surface area contributed by atoms with Crippen molar-refractivity contribution in [3.8, 4) is 5.75 Å². The number of benzene rings is 1. The number of methoxy groups -OCH3 is 1. The van der Waals surface area contributed by atoms with Gasteiger partial charge in [-0.15, -0.1) is 0 Å². The summed E-state index contributed by atoms with van der Waals surface area (Å²) in [6.45, 7) is 14.7. The van der Waals surface area contributed by atoms with Gasteiger partial charge in [-0.2, -0.15) is 0 Å². The molecule has 11 heteroatoms. The first-order chi connectivity index (χ1) is 23.3. The lowest BCUT2D eigenvalue weighted by molar-refractivity contribution is -0.143.